The van der Waals surface area contributed by atoms with E-state index in [-0.39, 0.29) is 5.96 Å². The molecule has 0 fully saturated rings. The van der Waals surface area contributed by atoms with Crippen LogP contribution in [0.2, 0.25) is 0 Å². The Balaban J connectivity index is 2.47. The Labute approximate surface area is 150 Å². The molecule has 0 amide bonds. The fourth-order valence-corrected chi connectivity index (χ4v) is 3.17. The third kappa shape index (κ3) is 4.80. The molecule has 2 aromatic rings. The minimum Gasteiger partial charge on any atom is -0.497 e. The van der Waals surface area contributed by atoms with E-state index < -0.39 is 0 Å². The molecule has 0 unspecified atom stereocenters. The minimum atomic E-state index is -0.109. The first-order valence-electron chi connectivity index (χ1n) is 7.28. The van der Waals surface area contributed by atoms with Crippen LogP contribution in [0.25, 0.3) is 0 Å². The van der Waals surface area contributed by atoms with Crippen LogP contribution < -0.4 is 25.7 Å². The molecule has 8 heteroatoms. The molecule has 7 nitrogen and oxygen atoms in total. The summed E-state index contributed by atoms with van der Waals surface area (Å²) in [5.74, 6) is 2.05. The molecule has 4 N–H and O–H groups in total. The Bertz CT molecular complexity index is 789. The summed E-state index contributed by atoms with van der Waals surface area (Å²) >= 11 is 1.47. The Morgan fingerprint density at radius 3 is 2.40 bits per heavy atom. The number of benzene rings is 2. The Morgan fingerprint density at radius 1 is 1.00 bits per heavy atom. The van der Waals surface area contributed by atoms with Crippen molar-refractivity contribution in [2.24, 2.45) is 21.7 Å². The van der Waals surface area contributed by atoms with E-state index >= 15 is 0 Å². The molecule has 0 aliphatic carbocycles. The van der Waals surface area contributed by atoms with E-state index in [0.717, 1.165) is 26.9 Å². The van der Waals surface area contributed by atoms with Crippen molar-refractivity contribution in [2.45, 2.75) is 9.79 Å². The van der Waals surface area contributed by atoms with E-state index in [1.165, 1.54) is 11.8 Å². The van der Waals surface area contributed by atoms with Gasteiger partial charge in [0.2, 0.25) is 5.96 Å². The lowest BCUT2D eigenvalue weighted by atomic mass is 10.2. The second-order valence-corrected chi connectivity index (χ2v) is 5.82. The van der Waals surface area contributed by atoms with Gasteiger partial charge in [-0.3, -0.25) is 0 Å². The molecule has 0 aliphatic heterocycles. The Morgan fingerprint density at radius 2 is 1.76 bits per heavy atom. The van der Waals surface area contributed by atoms with Crippen LogP contribution in [0.15, 0.2) is 56.4 Å². The number of ether oxygens (including phenoxy) is 3. The molecule has 132 valence electrons. The molecule has 2 rings (SSSR count). The van der Waals surface area contributed by atoms with Crippen LogP contribution in [0, 0.1) is 0 Å². The van der Waals surface area contributed by atoms with Gasteiger partial charge in [0.1, 0.15) is 17.2 Å². The predicted molar refractivity (Wildman–Crippen MR) is 100 cm³/mol. The molecule has 0 radical (unpaired) electrons. The van der Waals surface area contributed by atoms with Crippen molar-refractivity contribution in [3.8, 4) is 17.2 Å². The van der Waals surface area contributed by atoms with Gasteiger partial charge in [-0.2, -0.15) is 5.10 Å². The van der Waals surface area contributed by atoms with Crippen molar-refractivity contribution in [1.82, 2.24) is 0 Å². The number of methoxy groups -OCH3 is 3. The summed E-state index contributed by atoms with van der Waals surface area (Å²) in [6.07, 6.45) is 1.57. The van der Waals surface area contributed by atoms with Crippen molar-refractivity contribution in [3.63, 3.8) is 0 Å². The number of guanidine groups is 1. The topological polar surface area (TPSA) is 104 Å². The minimum absolute atomic E-state index is 0.109. The number of rotatable bonds is 7. The van der Waals surface area contributed by atoms with Crippen molar-refractivity contribution < 1.29 is 14.2 Å². The van der Waals surface area contributed by atoms with Crippen LogP contribution >= 0.6 is 11.8 Å². The maximum Gasteiger partial charge on any atom is 0.211 e. The molecule has 25 heavy (non-hydrogen) atoms. The SMILES string of the molecule is COc1ccc(OC)c(Sc2c(/C=N/N=C(N)N)cccc2OC)c1. The molecule has 0 bridgehead atoms. The highest BCUT2D eigenvalue weighted by molar-refractivity contribution is 7.99. The molecule has 0 heterocycles. The zero-order valence-corrected chi connectivity index (χ0v) is 15.0. The van der Waals surface area contributed by atoms with Crippen molar-refractivity contribution in [3.05, 3.63) is 42.0 Å². The Hall–Kier alpha value is -2.87. The lowest BCUT2D eigenvalue weighted by molar-refractivity contribution is 0.393. The van der Waals surface area contributed by atoms with Gasteiger partial charge in [0.05, 0.1) is 37.3 Å². The summed E-state index contributed by atoms with van der Waals surface area (Å²) in [6, 6.07) is 11.2. The highest BCUT2D eigenvalue weighted by Gasteiger charge is 2.14. The largest absolute Gasteiger partial charge is 0.497 e. The molecule has 0 spiro atoms. The zero-order chi connectivity index (χ0) is 18.2. The van der Waals surface area contributed by atoms with Crippen LogP contribution in [0.3, 0.4) is 0 Å². The van der Waals surface area contributed by atoms with Gasteiger partial charge in [0, 0.05) is 5.56 Å². The lowest BCUT2D eigenvalue weighted by Gasteiger charge is -2.14. The zero-order valence-electron chi connectivity index (χ0n) is 14.2. The van der Waals surface area contributed by atoms with Crippen LogP contribution in [0.4, 0.5) is 0 Å². The third-order valence-electron chi connectivity index (χ3n) is 3.18. The summed E-state index contributed by atoms with van der Waals surface area (Å²) in [7, 11) is 4.85. The number of hydrogen-bond acceptors (Lipinski definition) is 6. The van der Waals surface area contributed by atoms with Gasteiger partial charge in [-0.15, -0.1) is 5.10 Å². The third-order valence-corrected chi connectivity index (χ3v) is 4.36. The fraction of sp³-hybridized carbons (Fsp3) is 0.176. The maximum absolute atomic E-state index is 5.48. The second kappa shape index (κ2) is 8.84. The number of nitrogens with zero attached hydrogens (tertiary/aromatic N) is 2. The number of nitrogens with two attached hydrogens (primary N) is 2. The molecule has 0 saturated carbocycles. The van der Waals surface area contributed by atoms with Crippen LogP contribution in [0.1, 0.15) is 5.56 Å². The highest BCUT2D eigenvalue weighted by atomic mass is 32.2. The summed E-state index contributed by atoms with van der Waals surface area (Å²) in [4.78, 5) is 1.73. The molecule has 0 atom stereocenters. The average Bonchev–Trinajstić information content (AvgIpc) is 2.62. The highest BCUT2D eigenvalue weighted by Crippen LogP contribution is 2.42. The fourth-order valence-electron chi connectivity index (χ4n) is 2.04. The molecule has 2 aromatic carbocycles. The monoisotopic (exact) mass is 360 g/mol. The van der Waals surface area contributed by atoms with E-state index in [9.17, 15) is 0 Å². The molecule has 0 saturated heterocycles. The molecular formula is C17H20N4O3S. The second-order valence-electron chi connectivity index (χ2n) is 4.77. The molecular weight excluding hydrogens is 340 g/mol. The van der Waals surface area contributed by atoms with Gasteiger partial charge in [-0.25, -0.2) is 0 Å². The van der Waals surface area contributed by atoms with Crippen LogP contribution in [-0.2, 0) is 0 Å². The summed E-state index contributed by atoms with van der Waals surface area (Å²) in [5.41, 5.74) is 11.4. The smallest absolute Gasteiger partial charge is 0.211 e. The summed E-state index contributed by atoms with van der Waals surface area (Å²) in [5, 5.41) is 7.51. The Kier molecular flexibility index (Phi) is 6.53. The first-order chi connectivity index (χ1) is 12.1. The predicted octanol–water partition coefficient (Wildman–Crippen LogP) is 2.47. The molecule has 0 aromatic heterocycles. The standard InChI is InChI=1S/C17H20N4O3S/c1-22-12-7-8-13(23-2)15(9-12)25-16-11(10-20-21-17(18)19)5-4-6-14(16)24-3/h4-10H,1-3H3,(H4,18,19,21)/b20-10+. The van der Waals surface area contributed by atoms with Crippen molar-refractivity contribution in [1.29, 1.82) is 0 Å². The van der Waals surface area contributed by atoms with Crippen molar-refractivity contribution >= 4 is 23.9 Å². The van der Waals surface area contributed by atoms with Crippen molar-refractivity contribution in [2.75, 3.05) is 21.3 Å². The van der Waals surface area contributed by atoms with Gasteiger partial charge in [-0.05, 0) is 24.3 Å². The average molecular weight is 360 g/mol. The summed E-state index contributed by atoms with van der Waals surface area (Å²) in [6.45, 7) is 0. The van der Waals surface area contributed by atoms with Crippen LogP contribution in [-0.4, -0.2) is 33.5 Å². The van der Waals surface area contributed by atoms with Crippen LogP contribution in [0.5, 0.6) is 17.2 Å². The normalized spacial score (nSPS) is 10.5. The van der Waals surface area contributed by atoms with Gasteiger partial charge in [0.25, 0.3) is 0 Å². The van der Waals surface area contributed by atoms with E-state index in [1.807, 2.05) is 36.4 Å². The van der Waals surface area contributed by atoms with E-state index in [1.54, 1.807) is 27.5 Å². The first-order valence-corrected chi connectivity index (χ1v) is 8.09. The van der Waals surface area contributed by atoms with Gasteiger partial charge in [0.15, 0.2) is 0 Å². The van der Waals surface area contributed by atoms with Gasteiger partial charge >= 0.3 is 0 Å². The quantitative estimate of drug-likeness (QED) is 0.446. The summed E-state index contributed by atoms with van der Waals surface area (Å²) < 4.78 is 16.2. The van der Waals surface area contributed by atoms with E-state index in [4.69, 9.17) is 25.7 Å². The van der Waals surface area contributed by atoms with E-state index in [2.05, 4.69) is 10.2 Å². The number of hydrogen-bond donors (Lipinski definition) is 2. The maximum atomic E-state index is 5.48. The lowest BCUT2D eigenvalue weighted by Crippen LogP contribution is -2.21. The van der Waals surface area contributed by atoms with E-state index in [0.29, 0.717) is 5.75 Å². The molecule has 0 aliphatic rings. The van der Waals surface area contributed by atoms with Gasteiger partial charge in [-0.1, -0.05) is 23.9 Å². The first kappa shape index (κ1) is 18.5. The van der Waals surface area contributed by atoms with Gasteiger partial charge < -0.3 is 25.7 Å².